The number of nitrogens with zero attached hydrogens (tertiary/aromatic N) is 2. The van der Waals surface area contributed by atoms with Crippen LogP contribution in [0.1, 0.15) is 11.1 Å². The van der Waals surface area contributed by atoms with E-state index in [2.05, 4.69) is 0 Å². The number of carbonyl (C=O) groups is 1. The van der Waals surface area contributed by atoms with Gasteiger partial charge in [-0.15, -0.1) is 0 Å². The quantitative estimate of drug-likeness (QED) is 0.734. The Kier molecular flexibility index (Phi) is 5.90. The number of carbonyl (C=O) groups excluding carboxylic acids is 1. The highest BCUT2D eigenvalue weighted by atomic mass is 32.2. The first-order chi connectivity index (χ1) is 13.3. The van der Waals surface area contributed by atoms with E-state index in [0.717, 1.165) is 29.8 Å². The standard InChI is InChI=1S/C20H20F2N2O3S/c1-15-5-7-16(8-6-15)28(26,27)24-13-11-23(12-14-24)20(25)10-9-17-18(21)3-2-4-19(17)22/h2-10H,11-14H2,1H3/b10-9+. The van der Waals surface area contributed by atoms with E-state index < -0.39 is 27.6 Å². The minimum Gasteiger partial charge on any atom is -0.337 e. The lowest BCUT2D eigenvalue weighted by atomic mass is 10.2. The lowest BCUT2D eigenvalue weighted by molar-refractivity contribution is -0.127. The average Bonchev–Trinajstić information content (AvgIpc) is 2.68. The second kappa shape index (κ2) is 8.20. The van der Waals surface area contributed by atoms with Crippen LogP contribution < -0.4 is 0 Å². The SMILES string of the molecule is Cc1ccc(S(=O)(=O)N2CCN(C(=O)/C=C/c3c(F)cccc3F)CC2)cc1. The van der Waals surface area contributed by atoms with Gasteiger partial charge in [0.05, 0.1) is 4.90 Å². The van der Waals surface area contributed by atoms with Crippen LogP contribution in [0.2, 0.25) is 0 Å². The number of aryl methyl sites for hydroxylation is 1. The smallest absolute Gasteiger partial charge is 0.246 e. The van der Waals surface area contributed by atoms with Gasteiger partial charge in [0.1, 0.15) is 11.6 Å². The molecule has 148 valence electrons. The first kappa shape index (κ1) is 20.2. The molecule has 1 fully saturated rings. The van der Waals surface area contributed by atoms with Gasteiger partial charge in [0.25, 0.3) is 0 Å². The molecule has 1 aliphatic rings. The predicted octanol–water partition coefficient (Wildman–Crippen LogP) is 2.82. The Balaban J connectivity index is 1.64. The molecule has 0 aromatic heterocycles. The van der Waals surface area contributed by atoms with Crippen LogP contribution in [0.4, 0.5) is 8.78 Å². The van der Waals surface area contributed by atoms with Crippen molar-refractivity contribution in [1.82, 2.24) is 9.21 Å². The lowest BCUT2D eigenvalue weighted by Crippen LogP contribution is -2.50. The zero-order valence-corrected chi connectivity index (χ0v) is 16.1. The predicted molar refractivity (Wildman–Crippen MR) is 102 cm³/mol. The van der Waals surface area contributed by atoms with Crippen molar-refractivity contribution in [2.75, 3.05) is 26.2 Å². The summed E-state index contributed by atoms with van der Waals surface area (Å²) in [7, 11) is -3.62. The Morgan fingerprint density at radius 3 is 2.11 bits per heavy atom. The van der Waals surface area contributed by atoms with E-state index in [1.54, 1.807) is 24.3 Å². The molecule has 1 amide bonds. The molecule has 5 nitrogen and oxygen atoms in total. The number of rotatable bonds is 4. The number of benzene rings is 2. The number of amides is 1. The molecule has 2 aromatic rings. The van der Waals surface area contributed by atoms with E-state index in [1.807, 2.05) is 6.92 Å². The molecule has 0 unspecified atom stereocenters. The highest BCUT2D eigenvalue weighted by Gasteiger charge is 2.29. The van der Waals surface area contributed by atoms with Crippen molar-refractivity contribution in [1.29, 1.82) is 0 Å². The molecule has 0 saturated carbocycles. The van der Waals surface area contributed by atoms with Crippen LogP contribution in [-0.4, -0.2) is 49.7 Å². The van der Waals surface area contributed by atoms with Crippen molar-refractivity contribution < 1.29 is 22.0 Å². The van der Waals surface area contributed by atoms with Gasteiger partial charge in [-0.1, -0.05) is 23.8 Å². The van der Waals surface area contributed by atoms with E-state index in [0.29, 0.717) is 0 Å². The fourth-order valence-electron chi connectivity index (χ4n) is 2.94. The maximum atomic E-state index is 13.6. The van der Waals surface area contributed by atoms with Crippen LogP contribution in [0.3, 0.4) is 0 Å². The normalized spacial score (nSPS) is 15.9. The molecule has 0 spiro atoms. The Bertz CT molecular complexity index is 976. The first-order valence-electron chi connectivity index (χ1n) is 8.77. The third kappa shape index (κ3) is 4.28. The van der Waals surface area contributed by atoms with Crippen LogP contribution in [0.5, 0.6) is 0 Å². The largest absolute Gasteiger partial charge is 0.337 e. The van der Waals surface area contributed by atoms with Gasteiger partial charge in [0, 0.05) is 37.8 Å². The van der Waals surface area contributed by atoms with Gasteiger partial charge in [-0.2, -0.15) is 4.31 Å². The molecule has 0 atom stereocenters. The van der Waals surface area contributed by atoms with Crippen LogP contribution in [0.25, 0.3) is 6.08 Å². The second-order valence-electron chi connectivity index (χ2n) is 6.51. The van der Waals surface area contributed by atoms with E-state index in [-0.39, 0.29) is 36.6 Å². The van der Waals surface area contributed by atoms with Crippen LogP contribution in [0, 0.1) is 18.6 Å². The maximum Gasteiger partial charge on any atom is 0.246 e. The Morgan fingerprint density at radius 2 is 1.54 bits per heavy atom. The van der Waals surface area contributed by atoms with Crippen LogP contribution in [-0.2, 0) is 14.8 Å². The molecule has 1 aliphatic heterocycles. The fourth-order valence-corrected chi connectivity index (χ4v) is 4.36. The maximum absolute atomic E-state index is 13.6. The summed E-state index contributed by atoms with van der Waals surface area (Å²) in [6.07, 6.45) is 2.20. The molecule has 0 aliphatic carbocycles. The van der Waals surface area contributed by atoms with E-state index in [1.165, 1.54) is 15.3 Å². The van der Waals surface area contributed by atoms with Gasteiger partial charge in [-0.3, -0.25) is 4.79 Å². The van der Waals surface area contributed by atoms with Crippen molar-refractivity contribution >= 4 is 22.0 Å². The summed E-state index contributed by atoms with van der Waals surface area (Å²) in [4.78, 5) is 14.0. The minimum atomic E-state index is -3.62. The van der Waals surface area contributed by atoms with Gasteiger partial charge in [0.15, 0.2) is 0 Å². The number of hydrogen-bond donors (Lipinski definition) is 0. The molecule has 0 N–H and O–H groups in total. The zero-order valence-electron chi connectivity index (χ0n) is 15.3. The fraction of sp³-hybridized carbons (Fsp3) is 0.250. The van der Waals surface area contributed by atoms with E-state index >= 15 is 0 Å². The minimum absolute atomic E-state index is 0.157. The highest BCUT2D eigenvalue weighted by molar-refractivity contribution is 7.89. The number of hydrogen-bond acceptors (Lipinski definition) is 3. The molecular formula is C20H20F2N2O3S. The van der Waals surface area contributed by atoms with Crippen LogP contribution >= 0.6 is 0 Å². The Hall–Kier alpha value is -2.58. The monoisotopic (exact) mass is 406 g/mol. The molecule has 2 aromatic carbocycles. The molecule has 1 saturated heterocycles. The third-order valence-electron chi connectivity index (χ3n) is 4.60. The molecular weight excluding hydrogens is 386 g/mol. The molecule has 1 heterocycles. The van der Waals surface area contributed by atoms with Crippen molar-refractivity contribution in [3.05, 3.63) is 71.3 Å². The van der Waals surface area contributed by atoms with Crippen molar-refractivity contribution in [2.24, 2.45) is 0 Å². The highest BCUT2D eigenvalue weighted by Crippen LogP contribution is 2.19. The van der Waals surface area contributed by atoms with Crippen molar-refractivity contribution in [2.45, 2.75) is 11.8 Å². The summed E-state index contributed by atoms with van der Waals surface area (Å²) in [5.74, 6) is -1.92. The molecule has 0 radical (unpaired) electrons. The molecule has 3 rings (SSSR count). The Labute approximate surface area is 162 Å². The summed E-state index contributed by atoms with van der Waals surface area (Å²) < 4.78 is 54.0. The Morgan fingerprint density at radius 1 is 0.964 bits per heavy atom. The van der Waals surface area contributed by atoms with Crippen molar-refractivity contribution in [3.63, 3.8) is 0 Å². The molecule has 0 bridgehead atoms. The zero-order chi connectivity index (χ0) is 20.3. The van der Waals surface area contributed by atoms with Crippen molar-refractivity contribution in [3.8, 4) is 0 Å². The van der Waals surface area contributed by atoms with Gasteiger partial charge in [-0.05, 0) is 37.3 Å². The third-order valence-corrected chi connectivity index (χ3v) is 6.51. The summed E-state index contributed by atoms with van der Waals surface area (Å²) >= 11 is 0. The number of sulfonamides is 1. The van der Waals surface area contributed by atoms with Gasteiger partial charge in [0.2, 0.25) is 15.9 Å². The summed E-state index contributed by atoms with van der Waals surface area (Å²) in [5.41, 5.74) is 0.684. The van der Waals surface area contributed by atoms with E-state index in [4.69, 9.17) is 0 Å². The topological polar surface area (TPSA) is 57.7 Å². The van der Waals surface area contributed by atoms with E-state index in [9.17, 15) is 22.0 Å². The number of piperazine rings is 1. The second-order valence-corrected chi connectivity index (χ2v) is 8.45. The molecule has 8 heteroatoms. The average molecular weight is 406 g/mol. The summed E-state index contributed by atoms with van der Waals surface area (Å²) in [5, 5.41) is 0. The summed E-state index contributed by atoms with van der Waals surface area (Å²) in [6.45, 7) is 2.59. The summed E-state index contributed by atoms with van der Waals surface area (Å²) in [6, 6.07) is 10.1. The number of halogens is 2. The van der Waals surface area contributed by atoms with Crippen LogP contribution in [0.15, 0.2) is 53.4 Å². The van der Waals surface area contributed by atoms with Gasteiger partial charge >= 0.3 is 0 Å². The van der Waals surface area contributed by atoms with Gasteiger partial charge in [-0.25, -0.2) is 17.2 Å². The first-order valence-corrected chi connectivity index (χ1v) is 10.2. The lowest BCUT2D eigenvalue weighted by Gasteiger charge is -2.33. The van der Waals surface area contributed by atoms with Gasteiger partial charge < -0.3 is 4.90 Å². The molecule has 28 heavy (non-hydrogen) atoms.